The Morgan fingerprint density at radius 2 is 1.91 bits per heavy atom. The quantitative estimate of drug-likeness (QED) is 0.335. The minimum Gasteiger partial charge on any atom is -0.490 e. The average Bonchev–Trinajstić information content (AvgIpc) is 3.12. The van der Waals surface area contributed by atoms with Gasteiger partial charge < -0.3 is 9.47 Å². The number of fused-ring (bicyclic) bond motifs is 1. The number of benzene rings is 2. The number of halogens is 1. The van der Waals surface area contributed by atoms with Gasteiger partial charge in [-0.2, -0.15) is 0 Å². The minimum atomic E-state index is -0.625. The molecule has 174 valence electrons. The van der Waals surface area contributed by atoms with Gasteiger partial charge in [-0.15, -0.1) is 0 Å². The van der Waals surface area contributed by atoms with Crippen molar-refractivity contribution >= 4 is 39.3 Å². The number of ether oxygens (including phenoxy) is 2. The molecule has 0 saturated carbocycles. The van der Waals surface area contributed by atoms with Crippen LogP contribution in [0.5, 0.6) is 5.75 Å². The molecule has 1 unspecified atom stereocenters. The number of esters is 1. The van der Waals surface area contributed by atoms with E-state index in [1.807, 2.05) is 54.6 Å². The molecule has 0 aliphatic carbocycles. The molecule has 1 aromatic heterocycles. The summed E-state index contributed by atoms with van der Waals surface area (Å²) in [7, 11) is 0. The molecule has 2 aromatic carbocycles. The number of carbonyl (C=O) groups excluding carboxylic acids is 1. The monoisotopic (exact) mass is 538 g/mol. The molecule has 1 aliphatic rings. The second-order valence-electron chi connectivity index (χ2n) is 7.52. The maximum atomic E-state index is 13.6. The fourth-order valence-electron chi connectivity index (χ4n) is 3.72. The second kappa shape index (κ2) is 10.4. The van der Waals surface area contributed by atoms with Crippen molar-refractivity contribution in [2.75, 3.05) is 13.2 Å². The van der Waals surface area contributed by atoms with Gasteiger partial charge in [0.1, 0.15) is 12.4 Å². The summed E-state index contributed by atoms with van der Waals surface area (Å²) < 4.78 is 13.9. The summed E-state index contributed by atoms with van der Waals surface area (Å²) in [6, 6.07) is 14.4. The Balaban J connectivity index is 1.84. The van der Waals surface area contributed by atoms with Gasteiger partial charge in [0.2, 0.25) is 0 Å². The molecule has 8 heteroatoms. The first-order valence-corrected chi connectivity index (χ1v) is 12.3. The fourth-order valence-corrected chi connectivity index (χ4v) is 5.03. The molecular formula is C26H23BrN2O4S. The maximum absolute atomic E-state index is 13.6. The van der Waals surface area contributed by atoms with Crippen molar-refractivity contribution in [3.63, 3.8) is 0 Å². The van der Waals surface area contributed by atoms with Gasteiger partial charge in [0.15, 0.2) is 4.80 Å². The van der Waals surface area contributed by atoms with Gasteiger partial charge >= 0.3 is 5.97 Å². The van der Waals surface area contributed by atoms with Crippen molar-refractivity contribution in [3.8, 4) is 5.75 Å². The van der Waals surface area contributed by atoms with E-state index in [1.165, 1.54) is 11.3 Å². The van der Waals surface area contributed by atoms with Crippen LogP contribution in [0, 0.1) is 0 Å². The second-order valence-corrected chi connectivity index (χ2v) is 9.45. The number of aromatic nitrogens is 1. The van der Waals surface area contributed by atoms with Crippen molar-refractivity contribution in [2.24, 2.45) is 4.99 Å². The fraction of sp³-hybridized carbons (Fsp3) is 0.192. The van der Waals surface area contributed by atoms with Crippen LogP contribution in [-0.4, -0.2) is 23.8 Å². The lowest BCUT2D eigenvalue weighted by molar-refractivity contribution is -0.139. The zero-order chi connectivity index (χ0) is 24.2. The molecule has 3 aromatic rings. The van der Waals surface area contributed by atoms with Crippen molar-refractivity contribution in [1.29, 1.82) is 0 Å². The largest absolute Gasteiger partial charge is 0.490 e. The van der Waals surface area contributed by atoms with Crippen LogP contribution in [0.4, 0.5) is 0 Å². The Bertz CT molecular complexity index is 1430. The van der Waals surface area contributed by atoms with Gasteiger partial charge in [-0.3, -0.25) is 9.36 Å². The number of thiazole rings is 1. The molecule has 6 nitrogen and oxygen atoms in total. The van der Waals surface area contributed by atoms with Gasteiger partial charge in [-0.1, -0.05) is 64.2 Å². The standard InChI is InChI=1S/C26H23BrN2O4S/c1-4-14-33-20-12-6-17(7-13-20)15-21-24(30)29-23(18-8-10-19(27)11-9-18)22(25(31)32-5-2)16(3)28-26(29)34-21/h4,6-13,15,23H,1,5,14H2,2-3H3/b21-15+. The summed E-state index contributed by atoms with van der Waals surface area (Å²) >= 11 is 4.74. The zero-order valence-electron chi connectivity index (χ0n) is 18.8. The lowest BCUT2D eigenvalue weighted by Crippen LogP contribution is -2.39. The lowest BCUT2D eigenvalue weighted by atomic mass is 9.96. The normalized spacial score (nSPS) is 15.5. The molecule has 1 atom stereocenters. The summed E-state index contributed by atoms with van der Waals surface area (Å²) in [4.78, 5) is 31.6. The molecule has 1 aliphatic heterocycles. The summed E-state index contributed by atoms with van der Waals surface area (Å²) in [5.41, 5.74) is 2.36. The van der Waals surface area contributed by atoms with E-state index in [2.05, 4.69) is 27.5 Å². The summed E-state index contributed by atoms with van der Waals surface area (Å²) in [6.07, 6.45) is 3.51. The summed E-state index contributed by atoms with van der Waals surface area (Å²) in [5, 5.41) is 0. The SMILES string of the molecule is C=CCOc1ccc(/C=c2/sc3n(c2=O)C(c2ccc(Br)cc2)C(C(=O)OCC)=C(C)N=3)cc1. The van der Waals surface area contributed by atoms with Crippen molar-refractivity contribution in [3.05, 3.63) is 108 Å². The summed E-state index contributed by atoms with van der Waals surface area (Å²) in [6.45, 7) is 7.84. The van der Waals surface area contributed by atoms with Crippen LogP contribution in [0.3, 0.4) is 0 Å². The third kappa shape index (κ3) is 4.83. The van der Waals surface area contributed by atoms with E-state index >= 15 is 0 Å². The van der Waals surface area contributed by atoms with Crippen molar-refractivity contribution in [1.82, 2.24) is 4.57 Å². The van der Waals surface area contributed by atoms with E-state index in [1.54, 1.807) is 24.5 Å². The highest BCUT2D eigenvalue weighted by Gasteiger charge is 2.33. The van der Waals surface area contributed by atoms with Gasteiger partial charge in [-0.05, 0) is 55.3 Å². The van der Waals surface area contributed by atoms with Crippen LogP contribution in [0.2, 0.25) is 0 Å². The summed E-state index contributed by atoms with van der Waals surface area (Å²) in [5.74, 6) is 0.254. The van der Waals surface area contributed by atoms with Crippen molar-refractivity contribution < 1.29 is 14.3 Å². The predicted octanol–water partition coefficient (Wildman–Crippen LogP) is 4.13. The first-order chi connectivity index (χ1) is 16.4. The Morgan fingerprint density at radius 1 is 1.21 bits per heavy atom. The Kier molecular flexibility index (Phi) is 7.29. The number of allylic oxidation sites excluding steroid dienone is 1. The number of hydrogen-bond acceptors (Lipinski definition) is 6. The molecule has 0 saturated heterocycles. The topological polar surface area (TPSA) is 69.9 Å². The molecular weight excluding hydrogens is 516 g/mol. The molecule has 0 bridgehead atoms. The molecule has 0 radical (unpaired) electrons. The number of hydrogen-bond donors (Lipinski definition) is 0. The third-order valence-corrected chi connectivity index (χ3v) is 6.76. The Labute approximate surface area is 209 Å². The average molecular weight is 539 g/mol. The zero-order valence-corrected chi connectivity index (χ0v) is 21.2. The maximum Gasteiger partial charge on any atom is 0.338 e. The van der Waals surface area contributed by atoms with Gasteiger partial charge in [0.25, 0.3) is 5.56 Å². The van der Waals surface area contributed by atoms with E-state index < -0.39 is 12.0 Å². The highest BCUT2D eigenvalue weighted by atomic mass is 79.9. The van der Waals surface area contributed by atoms with E-state index in [-0.39, 0.29) is 12.2 Å². The van der Waals surface area contributed by atoms with E-state index in [9.17, 15) is 9.59 Å². The molecule has 0 N–H and O–H groups in total. The molecule has 0 spiro atoms. The number of nitrogens with zero attached hydrogens (tertiary/aromatic N) is 2. The first-order valence-electron chi connectivity index (χ1n) is 10.7. The Hall–Kier alpha value is -3.23. The van der Waals surface area contributed by atoms with Gasteiger partial charge in [0.05, 0.1) is 28.5 Å². The van der Waals surface area contributed by atoms with Gasteiger partial charge in [0, 0.05) is 4.47 Å². The molecule has 34 heavy (non-hydrogen) atoms. The smallest absolute Gasteiger partial charge is 0.338 e. The Morgan fingerprint density at radius 3 is 2.56 bits per heavy atom. The van der Waals surface area contributed by atoms with Crippen molar-refractivity contribution in [2.45, 2.75) is 19.9 Å². The molecule has 2 heterocycles. The molecule has 0 amide bonds. The van der Waals surface area contributed by atoms with Crippen LogP contribution in [-0.2, 0) is 9.53 Å². The van der Waals surface area contributed by atoms with Crippen LogP contribution < -0.4 is 19.6 Å². The lowest BCUT2D eigenvalue weighted by Gasteiger charge is -2.24. The van der Waals surface area contributed by atoms with Crippen LogP contribution in [0.1, 0.15) is 31.0 Å². The van der Waals surface area contributed by atoms with Crippen LogP contribution in [0.25, 0.3) is 6.08 Å². The van der Waals surface area contributed by atoms with E-state index in [0.29, 0.717) is 27.2 Å². The highest BCUT2D eigenvalue weighted by molar-refractivity contribution is 9.10. The van der Waals surface area contributed by atoms with Crippen LogP contribution >= 0.6 is 27.3 Å². The first kappa shape index (κ1) is 23.9. The number of carbonyl (C=O) groups is 1. The third-order valence-electron chi connectivity index (χ3n) is 5.25. The van der Waals surface area contributed by atoms with E-state index in [4.69, 9.17) is 9.47 Å². The molecule has 4 rings (SSSR count). The van der Waals surface area contributed by atoms with Crippen LogP contribution in [0.15, 0.2) is 86.7 Å². The highest BCUT2D eigenvalue weighted by Crippen LogP contribution is 2.31. The van der Waals surface area contributed by atoms with Gasteiger partial charge in [-0.25, -0.2) is 9.79 Å². The molecule has 0 fully saturated rings. The minimum absolute atomic E-state index is 0.210. The number of rotatable bonds is 7. The van der Waals surface area contributed by atoms with E-state index in [0.717, 1.165) is 21.3 Å². The predicted molar refractivity (Wildman–Crippen MR) is 137 cm³/mol.